The Labute approximate surface area is 126 Å². The number of rotatable bonds is 3. The first-order valence-electron chi connectivity index (χ1n) is 6.73. The molecule has 2 aromatic carbocycles. The minimum absolute atomic E-state index is 0.0720. The summed E-state index contributed by atoms with van der Waals surface area (Å²) in [5, 5.41) is 3.34. The topological polar surface area (TPSA) is 62.0 Å². The fraction of sp³-hybridized carbons (Fsp3) is 0.0588. The molecule has 0 unspecified atom stereocenters. The maximum atomic E-state index is 13.2. The smallest absolute Gasteiger partial charge is 0.272 e. The molecule has 1 heterocycles. The molecule has 1 aromatic heterocycles. The number of nitrogens with one attached hydrogen (secondary N) is 2. The van der Waals surface area contributed by atoms with Gasteiger partial charge in [0.2, 0.25) is 0 Å². The highest BCUT2D eigenvalue weighted by Gasteiger charge is 2.11. The Kier molecular flexibility index (Phi) is 3.47. The molecule has 0 saturated heterocycles. The number of Topliss-reactive ketones (excluding diaryl/α,β-unsaturated/α-hetero) is 1. The predicted octanol–water partition coefficient (Wildman–Crippen LogP) is 3.76. The lowest BCUT2D eigenvalue weighted by molar-refractivity contribution is 0.100. The molecule has 3 aromatic rings. The van der Waals surface area contributed by atoms with Gasteiger partial charge in [-0.2, -0.15) is 0 Å². The predicted molar refractivity (Wildman–Crippen MR) is 82.7 cm³/mol. The number of benzene rings is 2. The molecule has 0 aliphatic carbocycles. The van der Waals surface area contributed by atoms with E-state index in [1.54, 1.807) is 36.4 Å². The lowest BCUT2D eigenvalue weighted by Crippen LogP contribution is -2.12. The summed E-state index contributed by atoms with van der Waals surface area (Å²) in [5.41, 5.74) is 2.07. The van der Waals surface area contributed by atoms with E-state index in [4.69, 9.17) is 0 Å². The molecule has 4 nitrogen and oxygen atoms in total. The van der Waals surface area contributed by atoms with Crippen molar-refractivity contribution in [2.24, 2.45) is 0 Å². The number of aromatic nitrogens is 1. The lowest BCUT2D eigenvalue weighted by atomic mass is 10.1. The Bertz CT molecular complexity index is 883. The molecule has 0 aliphatic heterocycles. The number of hydrogen-bond acceptors (Lipinski definition) is 2. The van der Waals surface area contributed by atoms with Crippen LogP contribution in [0.5, 0.6) is 0 Å². The fourth-order valence-electron chi connectivity index (χ4n) is 2.24. The maximum Gasteiger partial charge on any atom is 0.272 e. The van der Waals surface area contributed by atoms with Crippen molar-refractivity contribution in [2.45, 2.75) is 6.92 Å². The van der Waals surface area contributed by atoms with Crippen LogP contribution < -0.4 is 5.32 Å². The van der Waals surface area contributed by atoms with E-state index in [1.807, 2.05) is 0 Å². The molecule has 3 rings (SSSR count). The zero-order chi connectivity index (χ0) is 15.7. The largest absolute Gasteiger partial charge is 0.351 e. The molecule has 0 fully saturated rings. The summed E-state index contributed by atoms with van der Waals surface area (Å²) in [6.45, 7) is 1.47. The van der Waals surface area contributed by atoms with Crippen LogP contribution in [0.25, 0.3) is 10.9 Å². The second-order valence-corrected chi connectivity index (χ2v) is 5.01. The van der Waals surface area contributed by atoms with E-state index in [2.05, 4.69) is 10.3 Å². The first-order chi connectivity index (χ1) is 10.5. The number of amides is 1. The van der Waals surface area contributed by atoms with Gasteiger partial charge in [-0.3, -0.25) is 9.59 Å². The summed E-state index contributed by atoms with van der Waals surface area (Å²) in [4.78, 5) is 26.5. The zero-order valence-electron chi connectivity index (χ0n) is 11.8. The molecule has 0 saturated carbocycles. The summed E-state index contributed by atoms with van der Waals surface area (Å²) >= 11 is 0. The van der Waals surface area contributed by atoms with Gasteiger partial charge >= 0.3 is 0 Å². The number of anilines is 1. The highest BCUT2D eigenvalue weighted by atomic mass is 19.1. The first-order valence-corrected chi connectivity index (χ1v) is 6.73. The van der Waals surface area contributed by atoms with Crippen LogP contribution in [-0.2, 0) is 0 Å². The van der Waals surface area contributed by atoms with Crippen LogP contribution in [0.1, 0.15) is 27.8 Å². The van der Waals surface area contributed by atoms with Crippen LogP contribution >= 0.6 is 0 Å². The van der Waals surface area contributed by atoms with Crippen LogP contribution in [0.2, 0.25) is 0 Å². The van der Waals surface area contributed by atoms with Crippen molar-refractivity contribution in [3.63, 3.8) is 0 Å². The van der Waals surface area contributed by atoms with E-state index < -0.39 is 0 Å². The van der Waals surface area contributed by atoms with Gasteiger partial charge in [0.05, 0.1) is 0 Å². The van der Waals surface area contributed by atoms with Crippen molar-refractivity contribution in [2.75, 3.05) is 5.32 Å². The maximum absolute atomic E-state index is 13.2. The number of aromatic amines is 1. The van der Waals surface area contributed by atoms with Crippen LogP contribution in [0.15, 0.2) is 48.5 Å². The van der Waals surface area contributed by atoms with Crippen LogP contribution in [-0.4, -0.2) is 16.7 Å². The average molecular weight is 296 g/mol. The number of H-pyrrole nitrogens is 1. The van der Waals surface area contributed by atoms with Crippen LogP contribution in [0.3, 0.4) is 0 Å². The molecule has 0 spiro atoms. The third-order valence-corrected chi connectivity index (χ3v) is 3.35. The standard InChI is InChI=1S/C17H13FN2O2/c1-10(21)11-3-2-4-14(8-11)19-17(22)16-9-12-7-13(18)5-6-15(12)20-16/h2-9,20H,1H3,(H,19,22). The van der Waals surface area contributed by atoms with Crippen LogP contribution in [0.4, 0.5) is 10.1 Å². The second kappa shape index (κ2) is 5.44. The number of hydrogen-bond donors (Lipinski definition) is 2. The second-order valence-electron chi connectivity index (χ2n) is 5.01. The normalized spacial score (nSPS) is 10.6. The fourth-order valence-corrected chi connectivity index (χ4v) is 2.24. The van der Waals surface area contributed by atoms with Gasteiger partial charge in [0.1, 0.15) is 11.5 Å². The van der Waals surface area contributed by atoms with Gasteiger partial charge < -0.3 is 10.3 Å². The minimum atomic E-state index is -0.354. The molecule has 5 heteroatoms. The van der Waals surface area contributed by atoms with Crippen molar-refractivity contribution in [1.29, 1.82) is 0 Å². The Morgan fingerprint density at radius 3 is 2.68 bits per heavy atom. The Balaban J connectivity index is 1.86. The van der Waals surface area contributed by atoms with Gasteiger partial charge in [0, 0.05) is 22.2 Å². The SMILES string of the molecule is CC(=O)c1cccc(NC(=O)c2cc3cc(F)ccc3[nH]2)c1. The summed E-state index contributed by atoms with van der Waals surface area (Å²) in [6, 6.07) is 12.6. The number of carbonyl (C=O) groups is 2. The third kappa shape index (κ3) is 2.74. The number of carbonyl (C=O) groups excluding carboxylic acids is 2. The number of ketones is 1. The summed E-state index contributed by atoms with van der Waals surface area (Å²) in [5.74, 6) is -0.776. The van der Waals surface area contributed by atoms with Crippen molar-refractivity contribution in [3.8, 4) is 0 Å². The molecule has 0 atom stereocenters. The van der Waals surface area contributed by atoms with E-state index in [-0.39, 0.29) is 17.5 Å². The van der Waals surface area contributed by atoms with Gasteiger partial charge in [-0.15, -0.1) is 0 Å². The molecule has 2 N–H and O–H groups in total. The highest BCUT2D eigenvalue weighted by molar-refractivity contribution is 6.06. The van der Waals surface area contributed by atoms with Crippen molar-refractivity contribution < 1.29 is 14.0 Å². The average Bonchev–Trinajstić information content (AvgIpc) is 2.90. The molecule has 110 valence electrons. The van der Waals surface area contributed by atoms with Gasteiger partial charge in [-0.25, -0.2) is 4.39 Å². The quantitative estimate of drug-likeness (QED) is 0.723. The molecule has 22 heavy (non-hydrogen) atoms. The highest BCUT2D eigenvalue weighted by Crippen LogP contribution is 2.18. The molecular weight excluding hydrogens is 283 g/mol. The van der Waals surface area contributed by atoms with Gasteiger partial charge in [0.15, 0.2) is 5.78 Å². The van der Waals surface area contributed by atoms with Gasteiger partial charge in [0.25, 0.3) is 5.91 Å². The molecule has 1 amide bonds. The molecule has 0 radical (unpaired) electrons. The zero-order valence-corrected chi connectivity index (χ0v) is 11.8. The van der Waals surface area contributed by atoms with Crippen molar-refractivity contribution in [3.05, 3.63) is 65.6 Å². The van der Waals surface area contributed by atoms with E-state index in [0.29, 0.717) is 27.8 Å². The summed E-state index contributed by atoms with van der Waals surface area (Å²) in [7, 11) is 0. The van der Waals surface area contributed by atoms with Gasteiger partial charge in [-0.1, -0.05) is 12.1 Å². The third-order valence-electron chi connectivity index (χ3n) is 3.35. The van der Waals surface area contributed by atoms with Crippen LogP contribution in [0, 0.1) is 5.82 Å². The number of halogens is 1. The molecule has 0 bridgehead atoms. The minimum Gasteiger partial charge on any atom is -0.351 e. The monoisotopic (exact) mass is 296 g/mol. The van der Waals surface area contributed by atoms with E-state index in [1.165, 1.54) is 19.1 Å². The molecule has 0 aliphatic rings. The Morgan fingerprint density at radius 1 is 1.09 bits per heavy atom. The summed E-state index contributed by atoms with van der Waals surface area (Å²) < 4.78 is 13.2. The molecular formula is C17H13FN2O2. The van der Waals surface area contributed by atoms with Crippen molar-refractivity contribution in [1.82, 2.24) is 4.98 Å². The summed E-state index contributed by atoms with van der Waals surface area (Å²) in [6.07, 6.45) is 0. The Hall–Kier alpha value is -2.95. The Morgan fingerprint density at radius 2 is 1.91 bits per heavy atom. The first kappa shape index (κ1) is 14.0. The van der Waals surface area contributed by atoms with E-state index in [9.17, 15) is 14.0 Å². The van der Waals surface area contributed by atoms with E-state index >= 15 is 0 Å². The van der Waals surface area contributed by atoms with Crippen molar-refractivity contribution >= 4 is 28.3 Å². The lowest BCUT2D eigenvalue weighted by Gasteiger charge is -2.05. The van der Waals surface area contributed by atoms with E-state index in [0.717, 1.165) is 0 Å². The number of fused-ring (bicyclic) bond motifs is 1. The van der Waals surface area contributed by atoms with Gasteiger partial charge in [-0.05, 0) is 43.3 Å².